The quantitative estimate of drug-likeness (QED) is 0.625. The Balaban J connectivity index is 2.06. The summed E-state index contributed by atoms with van der Waals surface area (Å²) in [6, 6.07) is 8.58. The molecule has 2 rings (SSSR count). The summed E-state index contributed by atoms with van der Waals surface area (Å²) in [6.07, 6.45) is 9.39. The average Bonchev–Trinajstić information content (AvgIpc) is 2.65. The van der Waals surface area contributed by atoms with Crippen LogP contribution in [0.4, 0.5) is 0 Å². The zero-order chi connectivity index (χ0) is 18.2. The second-order valence-corrected chi connectivity index (χ2v) is 6.29. The summed E-state index contributed by atoms with van der Waals surface area (Å²) >= 11 is 0. The molecule has 1 aromatic heterocycles. The number of aryl methyl sites for hydroxylation is 2. The third kappa shape index (κ3) is 5.21. The van der Waals surface area contributed by atoms with Crippen molar-refractivity contribution in [3.8, 4) is 0 Å². The van der Waals surface area contributed by atoms with Crippen molar-refractivity contribution < 1.29 is 0 Å². The molecule has 3 heteroatoms. The van der Waals surface area contributed by atoms with Crippen LogP contribution in [-0.2, 0) is 6.42 Å². The van der Waals surface area contributed by atoms with E-state index in [2.05, 4.69) is 66.6 Å². The fourth-order valence-electron chi connectivity index (χ4n) is 2.76. The molecule has 0 saturated heterocycles. The smallest absolute Gasteiger partial charge is 0.177 e. The van der Waals surface area contributed by atoms with Crippen molar-refractivity contribution in [3.05, 3.63) is 77.4 Å². The summed E-state index contributed by atoms with van der Waals surface area (Å²) in [5, 5.41) is 0. The molecule has 0 N–H and O–H groups in total. The highest BCUT2D eigenvalue weighted by Gasteiger charge is 2.09. The predicted octanol–water partition coefficient (Wildman–Crippen LogP) is 5.53. The highest BCUT2D eigenvalue weighted by molar-refractivity contribution is 5.83. The van der Waals surface area contributed by atoms with Crippen LogP contribution < -0.4 is 0 Å². The van der Waals surface area contributed by atoms with Crippen molar-refractivity contribution in [1.82, 2.24) is 9.97 Å². The van der Waals surface area contributed by atoms with Crippen molar-refractivity contribution in [3.63, 3.8) is 0 Å². The van der Waals surface area contributed by atoms with Crippen LogP contribution in [0.15, 0.2) is 59.9 Å². The van der Waals surface area contributed by atoms with E-state index in [4.69, 9.17) is 0 Å². The zero-order valence-electron chi connectivity index (χ0n) is 15.7. The molecular formula is C22H27N3. The van der Waals surface area contributed by atoms with E-state index < -0.39 is 0 Å². The Labute approximate surface area is 151 Å². The van der Waals surface area contributed by atoms with Crippen LogP contribution in [0.3, 0.4) is 0 Å². The van der Waals surface area contributed by atoms with Crippen LogP contribution in [0, 0.1) is 6.92 Å². The van der Waals surface area contributed by atoms with Gasteiger partial charge in [0, 0.05) is 18.6 Å². The van der Waals surface area contributed by atoms with E-state index in [1.807, 2.05) is 13.1 Å². The lowest BCUT2D eigenvalue weighted by Crippen LogP contribution is -2.00. The lowest BCUT2D eigenvalue weighted by molar-refractivity contribution is 0.766. The Hall–Kier alpha value is -2.55. The Kier molecular flexibility index (Phi) is 6.81. The minimum Gasteiger partial charge on any atom is -0.253 e. The molecule has 0 aliphatic heterocycles. The molecule has 1 unspecified atom stereocenters. The third-order valence-corrected chi connectivity index (χ3v) is 4.45. The Bertz CT molecular complexity index is 773. The predicted molar refractivity (Wildman–Crippen MR) is 107 cm³/mol. The SMILES string of the molecule is C=C(N=C/C(=C\C)CC(C)c1ccc(C)c(CC)c1)c1ncccn1. The van der Waals surface area contributed by atoms with Gasteiger partial charge in [-0.3, -0.25) is 4.99 Å². The van der Waals surface area contributed by atoms with Crippen LogP contribution in [0.1, 0.15) is 55.6 Å². The number of aromatic nitrogens is 2. The maximum absolute atomic E-state index is 4.45. The largest absolute Gasteiger partial charge is 0.253 e. The molecule has 0 bridgehead atoms. The Morgan fingerprint density at radius 2 is 2.00 bits per heavy atom. The van der Waals surface area contributed by atoms with Gasteiger partial charge in [-0.25, -0.2) is 9.97 Å². The van der Waals surface area contributed by atoms with Gasteiger partial charge in [0.15, 0.2) is 5.82 Å². The first-order chi connectivity index (χ1) is 12.0. The summed E-state index contributed by atoms with van der Waals surface area (Å²) in [5.74, 6) is 0.998. The number of benzene rings is 1. The monoisotopic (exact) mass is 333 g/mol. The summed E-state index contributed by atoms with van der Waals surface area (Å²) in [5.41, 5.74) is 5.93. The number of aliphatic imine (C=N–C) groups is 1. The highest BCUT2D eigenvalue weighted by atomic mass is 14.9. The molecule has 1 heterocycles. The second kappa shape index (κ2) is 9.07. The van der Waals surface area contributed by atoms with Gasteiger partial charge in [0.2, 0.25) is 0 Å². The standard InChI is InChI=1S/C22H27N3/c1-6-19(15-25-18(5)22-23-11-8-12-24-22)13-17(4)21-10-9-16(3)20(7-2)14-21/h6,8-12,14-15,17H,5,7,13H2,1-4H3/b19-6-,25-15?. The van der Waals surface area contributed by atoms with Gasteiger partial charge in [-0.15, -0.1) is 0 Å². The molecule has 0 amide bonds. The van der Waals surface area contributed by atoms with Crippen molar-refractivity contribution >= 4 is 11.9 Å². The lowest BCUT2D eigenvalue weighted by atomic mass is 9.91. The van der Waals surface area contributed by atoms with Crippen LogP contribution in [-0.4, -0.2) is 16.2 Å². The molecule has 0 saturated carbocycles. The number of hydrogen-bond donors (Lipinski definition) is 0. The molecule has 0 radical (unpaired) electrons. The zero-order valence-corrected chi connectivity index (χ0v) is 15.7. The fourth-order valence-corrected chi connectivity index (χ4v) is 2.76. The van der Waals surface area contributed by atoms with Crippen LogP contribution in [0.2, 0.25) is 0 Å². The molecule has 130 valence electrons. The molecule has 0 spiro atoms. The van der Waals surface area contributed by atoms with Crippen molar-refractivity contribution in [2.45, 2.75) is 46.5 Å². The molecule has 0 fully saturated rings. The minimum atomic E-state index is 0.435. The maximum atomic E-state index is 4.45. The first-order valence-corrected chi connectivity index (χ1v) is 8.80. The lowest BCUT2D eigenvalue weighted by Gasteiger charge is -2.15. The number of rotatable bonds is 7. The molecule has 1 atom stereocenters. The van der Waals surface area contributed by atoms with Crippen molar-refractivity contribution in [2.75, 3.05) is 0 Å². The summed E-state index contributed by atoms with van der Waals surface area (Å²) < 4.78 is 0. The van der Waals surface area contributed by atoms with Crippen molar-refractivity contribution in [1.29, 1.82) is 0 Å². The number of nitrogens with zero attached hydrogens (tertiary/aromatic N) is 3. The number of hydrogen-bond acceptors (Lipinski definition) is 3. The molecule has 2 aromatic rings. The highest BCUT2D eigenvalue weighted by Crippen LogP contribution is 2.25. The second-order valence-electron chi connectivity index (χ2n) is 6.29. The summed E-state index contributed by atoms with van der Waals surface area (Å²) in [7, 11) is 0. The third-order valence-electron chi connectivity index (χ3n) is 4.45. The summed E-state index contributed by atoms with van der Waals surface area (Å²) in [6.45, 7) is 12.6. The van der Waals surface area contributed by atoms with Gasteiger partial charge in [0.1, 0.15) is 5.70 Å². The average molecular weight is 333 g/mol. The van der Waals surface area contributed by atoms with Crippen LogP contribution in [0.5, 0.6) is 0 Å². The van der Waals surface area contributed by atoms with Gasteiger partial charge in [-0.2, -0.15) is 0 Å². The van der Waals surface area contributed by atoms with E-state index in [1.54, 1.807) is 18.5 Å². The molecule has 3 nitrogen and oxygen atoms in total. The normalized spacial score (nSPS) is 13.2. The molecule has 1 aromatic carbocycles. The van der Waals surface area contributed by atoms with Crippen LogP contribution in [0.25, 0.3) is 5.70 Å². The fraction of sp³-hybridized carbons (Fsp3) is 0.318. The minimum absolute atomic E-state index is 0.435. The molecular weight excluding hydrogens is 306 g/mol. The molecule has 0 aliphatic carbocycles. The van der Waals surface area contributed by atoms with Gasteiger partial charge in [0.05, 0.1) is 0 Å². The first kappa shape index (κ1) is 18.8. The van der Waals surface area contributed by atoms with E-state index in [9.17, 15) is 0 Å². The number of allylic oxidation sites excluding steroid dienone is 2. The molecule has 25 heavy (non-hydrogen) atoms. The van der Waals surface area contributed by atoms with E-state index >= 15 is 0 Å². The topological polar surface area (TPSA) is 38.1 Å². The van der Waals surface area contributed by atoms with Crippen molar-refractivity contribution in [2.24, 2.45) is 4.99 Å². The van der Waals surface area contributed by atoms with E-state index in [1.165, 1.54) is 22.3 Å². The van der Waals surface area contributed by atoms with Gasteiger partial charge in [0.25, 0.3) is 0 Å². The van der Waals surface area contributed by atoms with Gasteiger partial charge in [-0.05, 0) is 60.9 Å². The van der Waals surface area contributed by atoms with E-state index in [0.717, 1.165) is 12.8 Å². The van der Waals surface area contributed by atoms with Gasteiger partial charge >= 0.3 is 0 Å². The van der Waals surface area contributed by atoms with Gasteiger partial charge < -0.3 is 0 Å². The Morgan fingerprint density at radius 3 is 2.64 bits per heavy atom. The van der Waals surface area contributed by atoms with Gasteiger partial charge in [-0.1, -0.05) is 44.7 Å². The van der Waals surface area contributed by atoms with E-state index in [0.29, 0.717) is 17.4 Å². The van der Waals surface area contributed by atoms with E-state index in [-0.39, 0.29) is 0 Å². The molecule has 0 aliphatic rings. The Morgan fingerprint density at radius 1 is 1.28 bits per heavy atom. The maximum Gasteiger partial charge on any atom is 0.177 e. The summed E-state index contributed by atoms with van der Waals surface area (Å²) in [4.78, 5) is 12.8. The first-order valence-electron chi connectivity index (χ1n) is 8.80. The van der Waals surface area contributed by atoms with Crippen LogP contribution >= 0.6 is 0 Å².